The summed E-state index contributed by atoms with van der Waals surface area (Å²) in [5.74, 6) is -1.47. The molecule has 2 heterocycles. The lowest BCUT2D eigenvalue weighted by molar-refractivity contribution is -0.141. The molecule has 328 valence electrons. The van der Waals surface area contributed by atoms with Gasteiger partial charge in [0.15, 0.2) is 0 Å². The predicted octanol–water partition coefficient (Wildman–Crippen LogP) is 7.00. The average Bonchev–Trinajstić information content (AvgIpc) is 3.73. The first-order valence-electron chi connectivity index (χ1n) is 20.7. The van der Waals surface area contributed by atoms with Crippen molar-refractivity contribution < 1.29 is 37.4 Å². The van der Waals surface area contributed by atoms with Crippen molar-refractivity contribution in [3.05, 3.63) is 96.3 Å². The number of likely N-dealkylation sites (tertiary alicyclic amines) is 1. The van der Waals surface area contributed by atoms with Crippen molar-refractivity contribution in [3.63, 3.8) is 0 Å². The van der Waals surface area contributed by atoms with Crippen LogP contribution in [-0.2, 0) is 35.2 Å². The minimum atomic E-state index is -0.542. The van der Waals surface area contributed by atoms with E-state index in [1.807, 2.05) is 65.9 Å². The summed E-state index contributed by atoms with van der Waals surface area (Å²) in [4.78, 5) is 55.1. The average molecular weight is 852 g/mol. The zero-order valence-corrected chi connectivity index (χ0v) is 36.7. The molecular weight excluding hydrogens is 789 g/mol. The maximum atomic E-state index is 15.1. The lowest BCUT2D eigenvalue weighted by Gasteiger charge is -2.41. The number of hydrogen-bond donors (Lipinski definition) is 2. The van der Waals surface area contributed by atoms with Crippen LogP contribution < -0.4 is 11.1 Å². The smallest absolute Gasteiger partial charge is 0.233 e. The van der Waals surface area contributed by atoms with Crippen LogP contribution >= 0.6 is 11.8 Å². The minimum absolute atomic E-state index is 0.106. The van der Waals surface area contributed by atoms with E-state index in [2.05, 4.69) is 32.7 Å². The van der Waals surface area contributed by atoms with Crippen molar-refractivity contribution in [2.45, 2.75) is 72.9 Å². The van der Waals surface area contributed by atoms with Crippen LogP contribution in [0.2, 0.25) is 0 Å². The third kappa shape index (κ3) is 13.8. The molecule has 0 spiro atoms. The number of rotatable bonds is 25. The van der Waals surface area contributed by atoms with Gasteiger partial charge in [-0.1, -0.05) is 71.0 Å². The van der Waals surface area contributed by atoms with Gasteiger partial charge >= 0.3 is 0 Å². The van der Waals surface area contributed by atoms with Gasteiger partial charge in [0.2, 0.25) is 23.6 Å². The van der Waals surface area contributed by atoms with E-state index in [1.165, 1.54) is 22.7 Å². The van der Waals surface area contributed by atoms with E-state index in [0.717, 1.165) is 23.4 Å². The fourth-order valence-corrected chi connectivity index (χ4v) is 8.36. The molecule has 4 rings (SSSR count). The molecule has 0 saturated carbocycles. The Kier molecular flexibility index (Phi) is 18.5. The largest absolute Gasteiger partial charge is 0.377 e. The van der Waals surface area contributed by atoms with E-state index in [9.17, 15) is 23.6 Å². The Bertz CT molecular complexity index is 1900. The maximum Gasteiger partial charge on any atom is 0.233 e. The summed E-state index contributed by atoms with van der Waals surface area (Å²) in [5, 5.41) is 2.84. The second-order valence-corrected chi connectivity index (χ2v) is 18.0. The van der Waals surface area contributed by atoms with Crippen LogP contribution in [0.3, 0.4) is 0 Å². The first kappa shape index (κ1) is 48.3. The van der Waals surface area contributed by atoms with E-state index < -0.39 is 23.1 Å². The molecule has 2 atom stereocenters. The molecule has 4 amide bonds. The number of benzene rings is 2. The van der Waals surface area contributed by atoms with Gasteiger partial charge in [-0.2, -0.15) is 11.8 Å². The molecule has 1 aliphatic heterocycles. The predicted molar refractivity (Wildman–Crippen MR) is 233 cm³/mol. The molecule has 3 N–H and O–H groups in total. The first-order valence-corrected chi connectivity index (χ1v) is 21.9. The van der Waals surface area contributed by atoms with E-state index in [0.29, 0.717) is 56.9 Å². The fraction of sp³-hybridized carbons (Fsp3) is 0.522. The Balaban J connectivity index is 1.25. The van der Waals surface area contributed by atoms with Crippen LogP contribution in [0.15, 0.2) is 73.4 Å². The second-order valence-electron chi connectivity index (χ2n) is 16.9. The SMILES string of the molecule is C=CCC(C)(C)C1CC(=O)N(CCOCCOCCNC(=O)CCSCC(=O)N(CCCN)[C@@H](c2cc(-c3cc(F)ccc3F)cn2Cc2ccccc2)C(C)(C)C)C1=O. The third-order valence-electron chi connectivity index (χ3n) is 10.7. The van der Waals surface area contributed by atoms with Gasteiger partial charge in [-0.25, -0.2) is 8.78 Å². The molecule has 1 unspecified atom stereocenters. The van der Waals surface area contributed by atoms with Crippen molar-refractivity contribution in [1.29, 1.82) is 0 Å². The molecule has 2 aromatic carbocycles. The molecule has 0 aliphatic carbocycles. The van der Waals surface area contributed by atoms with Gasteiger partial charge in [-0.05, 0) is 60.0 Å². The van der Waals surface area contributed by atoms with Crippen LogP contribution in [0.1, 0.15) is 77.6 Å². The first-order chi connectivity index (χ1) is 28.6. The van der Waals surface area contributed by atoms with Crippen LogP contribution in [0, 0.1) is 28.4 Å². The molecule has 0 bridgehead atoms. The number of allylic oxidation sites excluding steroid dienone is 1. The lowest BCUT2D eigenvalue weighted by atomic mass is 9.75. The molecular formula is C46H63F2N5O6S. The van der Waals surface area contributed by atoms with Crippen molar-refractivity contribution >= 4 is 35.4 Å². The minimum Gasteiger partial charge on any atom is -0.377 e. The second kappa shape index (κ2) is 23.0. The number of amides is 4. The van der Waals surface area contributed by atoms with Gasteiger partial charge in [-0.15, -0.1) is 6.58 Å². The molecule has 3 aromatic rings. The van der Waals surface area contributed by atoms with Crippen LogP contribution in [0.4, 0.5) is 8.78 Å². The molecule has 0 radical (unpaired) electrons. The Hall–Kier alpha value is -4.37. The van der Waals surface area contributed by atoms with Crippen molar-refractivity contribution in [1.82, 2.24) is 19.7 Å². The highest BCUT2D eigenvalue weighted by Crippen LogP contribution is 2.42. The highest BCUT2D eigenvalue weighted by Gasteiger charge is 2.45. The summed E-state index contributed by atoms with van der Waals surface area (Å²) in [7, 11) is 0. The molecule has 1 saturated heterocycles. The van der Waals surface area contributed by atoms with Gasteiger partial charge in [0.1, 0.15) is 11.6 Å². The van der Waals surface area contributed by atoms with Crippen LogP contribution in [0.25, 0.3) is 11.1 Å². The zero-order valence-electron chi connectivity index (χ0n) is 35.9. The van der Waals surface area contributed by atoms with Gasteiger partial charge in [0, 0.05) is 61.2 Å². The number of nitrogens with two attached hydrogens (primary N) is 1. The Labute approximate surface area is 358 Å². The fourth-order valence-electron chi connectivity index (χ4n) is 7.55. The van der Waals surface area contributed by atoms with Crippen LogP contribution in [0.5, 0.6) is 0 Å². The van der Waals surface area contributed by atoms with Crippen molar-refractivity contribution in [3.8, 4) is 11.1 Å². The Morgan fingerprint density at radius 1 is 1.03 bits per heavy atom. The normalized spacial score (nSPS) is 15.1. The highest BCUT2D eigenvalue weighted by atomic mass is 32.2. The number of halogens is 2. The maximum absolute atomic E-state index is 15.1. The van der Waals surface area contributed by atoms with E-state index in [4.69, 9.17) is 15.2 Å². The standard InChI is InChI=1S/C46H63F2N5O6S/c1-7-17-46(5,6)37-29-41(55)53(44(37)57)21-23-59-25-24-58-22-19-50-40(54)16-26-60-32-42(56)52(20-11-18-49)43(45(2,3)4)39-27-34(36-28-35(47)14-15-38(36)48)31-51(39)30-33-12-9-8-10-13-33/h7-10,12-15,27-28,31,37,43H,1,11,16-26,29-30,32,49H2,2-6H3,(H,50,54)/t37?,43-/m0/s1. The number of imide groups is 1. The lowest BCUT2D eigenvalue weighted by Crippen LogP contribution is -2.44. The topological polar surface area (TPSA) is 136 Å². The van der Waals surface area contributed by atoms with Gasteiger partial charge < -0.3 is 30.0 Å². The highest BCUT2D eigenvalue weighted by molar-refractivity contribution is 7.99. The Morgan fingerprint density at radius 2 is 1.75 bits per heavy atom. The van der Waals surface area contributed by atoms with E-state index in [1.54, 1.807) is 6.08 Å². The van der Waals surface area contributed by atoms with E-state index in [-0.39, 0.29) is 85.5 Å². The summed E-state index contributed by atoms with van der Waals surface area (Å²) < 4.78 is 42.6. The molecule has 11 nitrogen and oxygen atoms in total. The van der Waals surface area contributed by atoms with Crippen molar-refractivity contribution in [2.24, 2.45) is 22.5 Å². The number of carbonyl (C=O) groups excluding carboxylic acids is 4. The summed E-state index contributed by atoms with van der Waals surface area (Å²) >= 11 is 1.38. The van der Waals surface area contributed by atoms with Crippen molar-refractivity contribution in [2.75, 3.05) is 64.1 Å². The summed E-state index contributed by atoms with van der Waals surface area (Å²) in [6.07, 6.45) is 5.23. The van der Waals surface area contributed by atoms with E-state index >= 15 is 4.39 Å². The van der Waals surface area contributed by atoms with Gasteiger partial charge in [-0.3, -0.25) is 24.1 Å². The number of nitrogens with zero attached hydrogens (tertiary/aromatic N) is 3. The zero-order chi connectivity index (χ0) is 43.9. The molecule has 1 fully saturated rings. The molecule has 1 aliphatic rings. The number of nitrogens with one attached hydrogen (secondary N) is 1. The number of carbonyl (C=O) groups is 4. The number of aromatic nitrogens is 1. The van der Waals surface area contributed by atoms with Crippen LogP contribution in [-0.4, -0.2) is 102 Å². The summed E-state index contributed by atoms with van der Waals surface area (Å²) in [6, 6.07) is 14.7. The molecule has 60 heavy (non-hydrogen) atoms. The number of thioether (sulfide) groups is 1. The monoisotopic (exact) mass is 851 g/mol. The molecule has 14 heteroatoms. The Morgan fingerprint density at radius 3 is 2.43 bits per heavy atom. The van der Waals surface area contributed by atoms with Gasteiger partial charge in [0.05, 0.1) is 50.7 Å². The number of ether oxygens (including phenoxy) is 2. The quantitative estimate of drug-likeness (QED) is 0.0529. The third-order valence-corrected chi connectivity index (χ3v) is 11.6. The van der Waals surface area contributed by atoms with Gasteiger partial charge in [0.25, 0.3) is 0 Å². The summed E-state index contributed by atoms with van der Waals surface area (Å²) in [5.41, 5.74) is 7.62. The number of hydrogen-bond acceptors (Lipinski definition) is 8. The summed E-state index contributed by atoms with van der Waals surface area (Å²) in [6.45, 7) is 16.7. The molecule has 1 aromatic heterocycles.